The minimum atomic E-state index is 0.0706. The number of rotatable bonds is 1. The van der Waals surface area contributed by atoms with Crippen LogP contribution in [0.1, 0.15) is 21.6 Å². The average Bonchev–Trinajstić information content (AvgIpc) is 2.97. The number of amides is 1. The number of fused-ring (bicyclic) bond motifs is 1. The van der Waals surface area contributed by atoms with Crippen LogP contribution in [-0.4, -0.2) is 15.8 Å². The van der Waals surface area contributed by atoms with E-state index < -0.39 is 0 Å². The number of aromatic amines is 1. The minimum absolute atomic E-state index is 0.0706. The van der Waals surface area contributed by atoms with Crippen molar-refractivity contribution < 1.29 is 4.79 Å². The topological polar surface area (TPSA) is 36.1 Å². The highest BCUT2D eigenvalue weighted by molar-refractivity contribution is 5.92. The molecule has 1 aliphatic rings. The molecular weight excluding hydrogens is 200 g/mol. The largest absolute Gasteiger partial charge is 0.357 e. The van der Waals surface area contributed by atoms with Gasteiger partial charge >= 0.3 is 0 Å². The molecule has 80 valence electrons. The Balaban J connectivity index is 1.84. The van der Waals surface area contributed by atoms with Gasteiger partial charge in [-0.15, -0.1) is 0 Å². The van der Waals surface area contributed by atoms with Gasteiger partial charge in [0.1, 0.15) is 5.69 Å². The second-order valence-corrected chi connectivity index (χ2v) is 4.01. The molecule has 2 heterocycles. The maximum absolute atomic E-state index is 12.1. The molecule has 3 nitrogen and oxygen atoms in total. The molecule has 0 unspecified atom stereocenters. The van der Waals surface area contributed by atoms with Crippen molar-refractivity contribution in [2.45, 2.75) is 13.1 Å². The van der Waals surface area contributed by atoms with Crippen LogP contribution in [0.15, 0.2) is 42.6 Å². The molecule has 3 heteroatoms. The van der Waals surface area contributed by atoms with E-state index in [1.807, 2.05) is 29.2 Å². The first kappa shape index (κ1) is 9.21. The lowest BCUT2D eigenvalue weighted by molar-refractivity contribution is 0.0746. The van der Waals surface area contributed by atoms with Gasteiger partial charge in [-0.25, -0.2) is 0 Å². The van der Waals surface area contributed by atoms with Crippen molar-refractivity contribution in [3.63, 3.8) is 0 Å². The SMILES string of the molecule is O=C(c1ccc[nH]1)N1Cc2ccccc2C1. The molecule has 0 saturated carbocycles. The number of H-pyrrole nitrogens is 1. The van der Waals surface area contributed by atoms with Crippen molar-refractivity contribution >= 4 is 5.91 Å². The normalized spacial score (nSPS) is 13.9. The summed E-state index contributed by atoms with van der Waals surface area (Å²) in [4.78, 5) is 16.9. The van der Waals surface area contributed by atoms with Gasteiger partial charge in [-0.1, -0.05) is 24.3 Å². The number of nitrogens with zero attached hydrogens (tertiary/aromatic N) is 1. The Morgan fingerprint density at radius 1 is 1.06 bits per heavy atom. The summed E-state index contributed by atoms with van der Waals surface area (Å²) in [5.74, 6) is 0.0706. The third kappa shape index (κ3) is 1.41. The smallest absolute Gasteiger partial charge is 0.270 e. The van der Waals surface area contributed by atoms with Crippen molar-refractivity contribution in [2.75, 3.05) is 0 Å². The molecular formula is C13H12N2O. The zero-order chi connectivity index (χ0) is 11.0. The van der Waals surface area contributed by atoms with Gasteiger partial charge in [-0.05, 0) is 23.3 Å². The summed E-state index contributed by atoms with van der Waals surface area (Å²) in [5.41, 5.74) is 3.16. The molecule has 2 aromatic rings. The van der Waals surface area contributed by atoms with Gasteiger partial charge in [0.2, 0.25) is 0 Å². The van der Waals surface area contributed by atoms with Crippen LogP contribution >= 0.6 is 0 Å². The third-order valence-corrected chi connectivity index (χ3v) is 2.96. The van der Waals surface area contributed by atoms with E-state index >= 15 is 0 Å². The molecule has 1 aromatic heterocycles. The Morgan fingerprint density at radius 3 is 2.31 bits per heavy atom. The van der Waals surface area contributed by atoms with Crippen LogP contribution < -0.4 is 0 Å². The molecule has 1 aromatic carbocycles. The van der Waals surface area contributed by atoms with E-state index in [-0.39, 0.29) is 5.91 Å². The van der Waals surface area contributed by atoms with Gasteiger partial charge < -0.3 is 9.88 Å². The van der Waals surface area contributed by atoms with Crippen molar-refractivity contribution in [3.8, 4) is 0 Å². The maximum atomic E-state index is 12.1. The second kappa shape index (κ2) is 3.52. The molecule has 1 aliphatic heterocycles. The first-order chi connectivity index (χ1) is 7.84. The van der Waals surface area contributed by atoms with E-state index in [9.17, 15) is 4.79 Å². The molecule has 1 amide bonds. The van der Waals surface area contributed by atoms with Crippen molar-refractivity contribution in [1.82, 2.24) is 9.88 Å². The van der Waals surface area contributed by atoms with E-state index in [0.717, 1.165) is 0 Å². The Kier molecular flexibility index (Phi) is 2.03. The van der Waals surface area contributed by atoms with Crippen LogP contribution in [0.4, 0.5) is 0 Å². The van der Waals surface area contributed by atoms with Gasteiger partial charge in [-0.3, -0.25) is 4.79 Å². The summed E-state index contributed by atoms with van der Waals surface area (Å²) in [6, 6.07) is 11.8. The predicted octanol–water partition coefficient (Wildman–Crippen LogP) is 2.17. The molecule has 1 N–H and O–H groups in total. The zero-order valence-corrected chi connectivity index (χ0v) is 8.81. The van der Waals surface area contributed by atoms with Crippen molar-refractivity contribution in [3.05, 3.63) is 59.4 Å². The van der Waals surface area contributed by atoms with E-state index in [1.165, 1.54) is 11.1 Å². The van der Waals surface area contributed by atoms with Crippen LogP contribution in [0.25, 0.3) is 0 Å². The van der Waals surface area contributed by atoms with Crippen molar-refractivity contribution in [1.29, 1.82) is 0 Å². The molecule has 0 atom stereocenters. The lowest BCUT2D eigenvalue weighted by atomic mass is 10.1. The fraction of sp³-hybridized carbons (Fsp3) is 0.154. The highest BCUT2D eigenvalue weighted by atomic mass is 16.2. The maximum Gasteiger partial charge on any atom is 0.270 e. The summed E-state index contributed by atoms with van der Waals surface area (Å²) in [7, 11) is 0. The Hall–Kier alpha value is -2.03. The van der Waals surface area contributed by atoms with Crippen LogP contribution in [-0.2, 0) is 13.1 Å². The Labute approximate surface area is 93.7 Å². The first-order valence-electron chi connectivity index (χ1n) is 5.34. The van der Waals surface area contributed by atoms with Crippen LogP contribution in [0.2, 0.25) is 0 Å². The highest BCUT2D eigenvalue weighted by Gasteiger charge is 2.23. The molecule has 0 bridgehead atoms. The van der Waals surface area contributed by atoms with Crippen LogP contribution in [0, 0.1) is 0 Å². The standard InChI is InChI=1S/C13H12N2O/c16-13(12-6-3-7-14-12)15-8-10-4-1-2-5-11(10)9-15/h1-7,14H,8-9H2. The lowest BCUT2D eigenvalue weighted by Gasteiger charge is -2.13. The number of hydrogen-bond acceptors (Lipinski definition) is 1. The molecule has 3 rings (SSSR count). The molecule has 0 radical (unpaired) electrons. The summed E-state index contributed by atoms with van der Waals surface area (Å²) in [5, 5.41) is 0. The highest BCUT2D eigenvalue weighted by Crippen LogP contribution is 2.23. The molecule has 0 aliphatic carbocycles. The predicted molar refractivity (Wildman–Crippen MR) is 60.8 cm³/mol. The third-order valence-electron chi connectivity index (χ3n) is 2.96. The zero-order valence-electron chi connectivity index (χ0n) is 8.81. The van der Waals surface area contributed by atoms with E-state index in [2.05, 4.69) is 17.1 Å². The quantitative estimate of drug-likeness (QED) is 0.772. The van der Waals surface area contributed by atoms with E-state index in [0.29, 0.717) is 18.8 Å². The van der Waals surface area contributed by atoms with Crippen molar-refractivity contribution in [2.24, 2.45) is 0 Å². The number of benzene rings is 1. The number of nitrogens with one attached hydrogen (secondary N) is 1. The second-order valence-electron chi connectivity index (χ2n) is 4.01. The minimum Gasteiger partial charge on any atom is -0.357 e. The summed E-state index contributed by atoms with van der Waals surface area (Å²) < 4.78 is 0. The van der Waals surface area contributed by atoms with E-state index in [1.54, 1.807) is 6.20 Å². The molecule has 0 spiro atoms. The fourth-order valence-corrected chi connectivity index (χ4v) is 2.11. The molecule has 0 saturated heterocycles. The average molecular weight is 212 g/mol. The van der Waals surface area contributed by atoms with Gasteiger partial charge in [0.25, 0.3) is 5.91 Å². The Morgan fingerprint density at radius 2 is 1.75 bits per heavy atom. The fourth-order valence-electron chi connectivity index (χ4n) is 2.11. The monoisotopic (exact) mass is 212 g/mol. The summed E-state index contributed by atoms with van der Waals surface area (Å²) >= 11 is 0. The van der Waals surface area contributed by atoms with Gasteiger partial charge in [-0.2, -0.15) is 0 Å². The number of hydrogen-bond donors (Lipinski definition) is 1. The lowest BCUT2D eigenvalue weighted by Crippen LogP contribution is -2.25. The summed E-state index contributed by atoms with van der Waals surface area (Å²) in [6.07, 6.45) is 1.77. The first-order valence-corrected chi connectivity index (χ1v) is 5.34. The van der Waals surface area contributed by atoms with Gasteiger partial charge in [0.15, 0.2) is 0 Å². The van der Waals surface area contributed by atoms with E-state index in [4.69, 9.17) is 0 Å². The number of carbonyl (C=O) groups excluding carboxylic acids is 1. The Bertz CT molecular complexity index is 491. The van der Waals surface area contributed by atoms with Crippen LogP contribution in [0.5, 0.6) is 0 Å². The van der Waals surface area contributed by atoms with Gasteiger partial charge in [0.05, 0.1) is 0 Å². The molecule has 16 heavy (non-hydrogen) atoms. The molecule has 0 fully saturated rings. The number of aromatic nitrogens is 1. The number of carbonyl (C=O) groups is 1. The van der Waals surface area contributed by atoms with Crippen LogP contribution in [0.3, 0.4) is 0 Å². The van der Waals surface area contributed by atoms with Gasteiger partial charge in [0, 0.05) is 19.3 Å². The summed E-state index contributed by atoms with van der Waals surface area (Å²) in [6.45, 7) is 1.43.